The summed E-state index contributed by atoms with van der Waals surface area (Å²) in [5.41, 5.74) is 2.67. The Labute approximate surface area is 362 Å². The molecule has 0 unspecified atom stereocenters. The van der Waals surface area contributed by atoms with E-state index < -0.39 is 29.4 Å². The number of rotatable bonds is 12. The Morgan fingerprint density at radius 3 is 2.43 bits per heavy atom. The van der Waals surface area contributed by atoms with Gasteiger partial charge in [-0.05, 0) is 78.8 Å². The van der Waals surface area contributed by atoms with Gasteiger partial charge >= 0.3 is 11.9 Å². The van der Waals surface area contributed by atoms with Crippen molar-refractivity contribution in [2.75, 3.05) is 57.3 Å². The molecule has 3 amide bonds. The van der Waals surface area contributed by atoms with Crippen molar-refractivity contribution >= 4 is 28.9 Å². The van der Waals surface area contributed by atoms with E-state index in [1.54, 1.807) is 29.4 Å². The predicted octanol–water partition coefficient (Wildman–Crippen LogP) is 4.34. The van der Waals surface area contributed by atoms with E-state index in [2.05, 4.69) is 36.3 Å². The Kier molecular flexibility index (Phi) is 11.7. The minimum absolute atomic E-state index is 0.0766. The van der Waals surface area contributed by atoms with Crippen LogP contribution in [0.2, 0.25) is 0 Å². The number of piperidine rings is 2. The zero-order valence-electron chi connectivity index (χ0n) is 35.4. The van der Waals surface area contributed by atoms with Crippen LogP contribution in [0.3, 0.4) is 0 Å². The molecule has 9 rings (SSSR count). The maximum absolute atomic E-state index is 14.5. The minimum Gasteiger partial charge on any atom is -0.378 e. The zero-order chi connectivity index (χ0) is 44.0. The second-order valence-electron chi connectivity index (χ2n) is 17.2. The van der Waals surface area contributed by atoms with Crippen LogP contribution in [0.15, 0.2) is 72.0 Å². The molecule has 5 aromatic rings. The third kappa shape index (κ3) is 8.75. The van der Waals surface area contributed by atoms with E-state index in [0.717, 1.165) is 79.0 Å². The predicted molar refractivity (Wildman–Crippen MR) is 227 cm³/mol. The third-order valence-electron chi connectivity index (χ3n) is 13.1. The van der Waals surface area contributed by atoms with Gasteiger partial charge in [0, 0.05) is 109 Å². The van der Waals surface area contributed by atoms with E-state index in [4.69, 9.17) is 4.74 Å². The van der Waals surface area contributed by atoms with E-state index in [1.807, 2.05) is 36.7 Å². The number of amides is 3. The van der Waals surface area contributed by atoms with Gasteiger partial charge in [-0.1, -0.05) is 19.1 Å². The molecule has 2 aromatic carbocycles. The molecule has 3 aromatic heterocycles. The number of carbonyl (C=O) groups excluding carboxylic acids is 3. The average Bonchev–Trinajstić information content (AvgIpc) is 3.96. The number of hydrogen-bond donors (Lipinski definition) is 1. The van der Waals surface area contributed by atoms with Gasteiger partial charge in [0.25, 0.3) is 5.91 Å². The van der Waals surface area contributed by atoms with Crippen LogP contribution in [-0.4, -0.2) is 121 Å². The SMILES string of the molecule is C[C@H](c1cccc(-n2cc3c(C(F)(F)F)cc(CN4CCC(OCCCN5CCN(c6ccc7c(c6)CN([C@H]6CCC(=O)NC6=O)C7=O)CC5)CC4)cn3c2=O)c1)c1nncn1C. The molecular formula is C45H51F3N10O5. The third-order valence-corrected chi connectivity index (χ3v) is 13.1. The summed E-state index contributed by atoms with van der Waals surface area (Å²) in [6.07, 6.45) is 2.81. The number of benzene rings is 2. The highest BCUT2D eigenvalue weighted by Gasteiger charge is 2.39. The van der Waals surface area contributed by atoms with Crippen LogP contribution < -0.4 is 15.9 Å². The Hall–Kier alpha value is -5.85. The summed E-state index contributed by atoms with van der Waals surface area (Å²) >= 11 is 0. The largest absolute Gasteiger partial charge is 0.418 e. The van der Waals surface area contributed by atoms with Crippen LogP contribution in [-0.2, 0) is 40.6 Å². The van der Waals surface area contributed by atoms with E-state index in [1.165, 1.54) is 23.0 Å². The van der Waals surface area contributed by atoms with Gasteiger partial charge in [0.1, 0.15) is 18.2 Å². The lowest BCUT2D eigenvalue weighted by Crippen LogP contribution is -2.52. The quantitative estimate of drug-likeness (QED) is 0.142. The lowest BCUT2D eigenvalue weighted by atomic mass is 10.00. The normalized spacial score (nSPS) is 19.9. The lowest BCUT2D eigenvalue weighted by Gasteiger charge is -2.36. The second-order valence-corrected chi connectivity index (χ2v) is 17.2. The van der Waals surface area contributed by atoms with Gasteiger partial charge in [0.2, 0.25) is 11.8 Å². The van der Waals surface area contributed by atoms with E-state index in [9.17, 15) is 32.3 Å². The number of alkyl halides is 3. The maximum atomic E-state index is 14.5. The number of piperazine rings is 1. The van der Waals surface area contributed by atoms with Gasteiger partial charge in [-0.15, -0.1) is 10.2 Å². The number of likely N-dealkylation sites (tertiary alicyclic amines) is 1. The summed E-state index contributed by atoms with van der Waals surface area (Å²) < 4.78 is 54.0. The van der Waals surface area contributed by atoms with Crippen molar-refractivity contribution < 1.29 is 32.3 Å². The molecule has 4 aliphatic rings. The van der Waals surface area contributed by atoms with Crippen molar-refractivity contribution in [3.63, 3.8) is 0 Å². The molecule has 3 fully saturated rings. The van der Waals surface area contributed by atoms with Crippen molar-refractivity contribution in [1.82, 2.24) is 43.7 Å². The Morgan fingerprint density at radius 1 is 0.905 bits per heavy atom. The van der Waals surface area contributed by atoms with Gasteiger partial charge < -0.3 is 19.1 Å². The first-order valence-corrected chi connectivity index (χ1v) is 21.7. The molecule has 18 heteroatoms. The molecule has 15 nitrogen and oxygen atoms in total. The molecule has 0 aliphatic carbocycles. The molecule has 2 atom stereocenters. The van der Waals surface area contributed by atoms with Gasteiger partial charge in [0.15, 0.2) is 0 Å². The van der Waals surface area contributed by atoms with Gasteiger partial charge in [-0.3, -0.25) is 38.5 Å². The number of aromatic nitrogens is 5. The summed E-state index contributed by atoms with van der Waals surface area (Å²) in [6, 6.07) is 13.6. The molecule has 332 valence electrons. The van der Waals surface area contributed by atoms with Crippen LogP contribution in [0.25, 0.3) is 11.2 Å². The monoisotopic (exact) mass is 868 g/mol. The number of ether oxygens (including phenoxy) is 1. The fraction of sp³-hybridized carbons (Fsp3) is 0.467. The van der Waals surface area contributed by atoms with Crippen molar-refractivity contribution in [1.29, 1.82) is 0 Å². The fourth-order valence-electron chi connectivity index (χ4n) is 9.54. The van der Waals surface area contributed by atoms with Crippen molar-refractivity contribution in [2.24, 2.45) is 7.05 Å². The first-order valence-electron chi connectivity index (χ1n) is 21.7. The zero-order valence-corrected chi connectivity index (χ0v) is 35.4. The fourth-order valence-corrected chi connectivity index (χ4v) is 9.54. The maximum Gasteiger partial charge on any atom is 0.418 e. The second kappa shape index (κ2) is 17.4. The first-order chi connectivity index (χ1) is 30.3. The van der Waals surface area contributed by atoms with Crippen LogP contribution >= 0.6 is 0 Å². The Morgan fingerprint density at radius 2 is 1.70 bits per heavy atom. The summed E-state index contributed by atoms with van der Waals surface area (Å²) in [6.45, 7) is 8.96. The van der Waals surface area contributed by atoms with E-state index >= 15 is 0 Å². The number of fused-ring (bicyclic) bond motifs is 2. The number of halogens is 3. The summed E-state index contributed by atoms with van der Waals surface area (Å²) in [5.74, 6) is -0.315. The van der Waals surface area contributed by atoms with Crippen molar-refractivity contribution in [2.45, 2.75) is 76.4 Å². The van der Waals surface area contributed by atoms with Gasteiger partial charge in [-0.25, -0.2) is 4.79 Å². The van der Waals surface area contributed by atoms with Crippen LogP contribution in [0.5, 0.6) is 0 Å². The van der Waals surface area contributed by atoms with Crippen LogP contribution in [0.4, 0.5) is 18.9 Å². The number of aryl methyl sites for hydroxylation is 1. The van der Waals surface area contributed by atoms with Crippen LogP contribution in [0.1, 0.15) is 83.4 Å². The molecule has 0 saturated carbocycles. The first kappa shape index (κ1) is 42.5. The highest BCUT2D eigenvalue weighted by molar-refractivity contribution is 6.05. The highest BCUT2D eigenvalue weighted by Crippen LogP contribution is 2.35. The number of nitrogens with one attached hydrogen (secondary N) is 1. The summed E-state index contributed by atoms with van der Waals surface area (Å²) in [5, 5.41) is 10.5. The molecule has 0 radical (unpaired) electrons. The number of hydrogen-bond acceptors (Lipinski definition) is 10. The van der Waals surface area contributed by atoms with Crippen molar-refractivity contribution in [3.8, 4) is 5.69 Å². The molecule has 63 heavy (non-hydrogen) atoms. The average molecular weight is 869 g/mol. The molecule has 4 aliphatic heterocycles. The van der Waals surface area contributed by atoms with Crippen molar-refractivity contribution in [3.05, 3.63) is 111 Å². The highest BCUT2D eigenvalue weighted by atomic mass is 19.4. The molecular weight excluding hydrogens is 818 g/mol. The van der Waals surface area contributed by atoms with Crippen LogP contribution in [0, 0.1) is 0 Å². The van der Waals surface area contributed by atoms with E-state index in [-0.39, 0.29) is 42.3 Å². The van der Waals surface area contributed by atoms with Gasteiger partial charge in [-0.2, -0.15) is 13.2 Å². The lowest BCUT2D eigenvalue weighted by molar-refractivity contribution is -0.137. The van der Waals surface area contributed by atoms with Gasteiger partial charge in [0.05, 0.1) is 22.9 Å². The molecule has 3 saturated heterocycles. The number of anilines is 1. The Balaban J connectivity index is 0.741. The molecule has 0 bridgehead atoms. The minimum atomic E-state index is -4.66. The number of imidazole rings is 1. The summed E-state index contributed by atoms with van der Waals surface area (Å²) in [7, 11) is 1.84. The number of imide groups is 1. The van der Waals surface area contributed by atoms with E-state index in [0.29, 0.717) is 49.5 Å². The number of carbonyl (C=O) groups is 3. The smallest absolute Gasteiger partial charge is 0.378 e. The molecule has 0 spiro atoms. The molecule has 1 N–H and O–H groups in total. The molecule has 7 heterocycles. The summed E-state index contributed by atoms with van der Waals surface area (Å²) in [4.78, 5) is 59.3. The number of nitrogens with zero attached hydrogens (tertiary/aromatic N) is 9. The topological polar surface area (TPSA) is 143 Å². The Bertz CT molecular complexity index is 2590. The number of pyridine rings is 1. The standard InChI is InChI=1S/C45H51F3N10O5/c1-29(41-51-49-28-52(41)2)31-5-3-6-34(22-31)56-27-39-37(45(46,47)48)21-30(25-58(39)44(56)62)24-54-14-11-35(12-15-54)63-20-4-13-53-16-18-55(19-17-53)33-7-8-36-32(23-33)26-57(43(36)61)38-9-10-40(59)50-42(38)60/h3,5-8,21-23,25,27-29,35,38H,4,9-20,24,26H2,1-2H3,(H,50,59,60)/t29-,38+/m1/s1.